The average Bonchev–Trinajstić information content (AvgIpc) is 3.12. The molecule has 1 atom stereocenters. The van der Waals surface area contributed by atoms with Crippen LogP contribution in [0.3, 0.4) is 0 Å². The Labute approximate surface area is 112 Å². The van der Waals surface area contributed by atoms with Gasteiger partial charge in [-0.05, 0) is 37.5 Å². The zero-order chi connectivity index (χ0) is 13.4. The minimum atomic E-state index is -0.445. The van der Waals surface area contributed by atoms with E-state index in [0.717, 1.165) is 24.7 Å². The molecule has 1 aliphatic heterocycles. The second-order valence-electron chi connectivity index (χ2n) is 5.52. The number of carbonyl (C=O) groups is 1. The van der Waals surface area contributed by atoms with Crippen LogP contribution in [0.5, 0.6) is 0 Å². The number of nitrogens with zero attached hydrogens (tertiary/aromatic N) is 1. The minimum Gasteiger partial charge on any atom is -0.397 e. The first-order valence-electron chi connectivity index (χ1n) is 6.83. The Balaban J connectivity index is 1.65. The fourth-order valence-electron chi connectivity index (χ4n) is 2.74. The van der Waals surface area contributed by atoms with Crippen LogP contribution in [-0.2, 0) is 0 Å². The lowest BCUT2D eigenvalue weighted by molar-refractivity contribution is 0.100. The molecule has 1 heterocycles. The molecule has 5 nitrogen and oxygen atoms in total. The topological polar surface area (TPSA) is 84.4 Å². The molecule has 2 aliphatic rings. The van der Waals surface area contributed by atoms with Crippen LogP contribution in [0.1, 0.15) is 29.6 Å². The summed E-state index contributed by atoms with van der Waals surface area (Å²) in [7, 11) is 0. The molecule has 1 saturated heterocycles. The van der Waals surface area contributed by atoms with Crippen molar-refractivity contribution in [3.8, 4) is 0 Å². The van der Waals surface area contributed by atoms with Gasteiger partial charge in [-0.2, -0.15) is 0 Å². The Kier molecular flexibility index (Phi) is 3.06. The second-order valence-corrected chi connectivity index (χ2v) is 5.52. The van der Waals surface area contributed by atoms with Gasteiger partial charge in [0.15, 0.2) is 0 Å². The summed E-state index contributed by atoms with van der Waals surface area (Å²) < 4.78 is 0. The van der Waals surface area contributed by atoms with Crippen LogP contribution >= 0.6 is 0 Å². The van der Waals surface area contributed by atoms with Crippen LogP contribution in [0.15, 0.2) is 18.2 Å². The molecule has 1 unspecified atom stereocenters. The molecular weight excluding hydrogens is 240 g/mol. The predicted molar refractivity (Wildman–Crippen MR) is 76.0 cm³/mol. The Morgan fingerprint density at radius 2 is 2.11 bits per heavy atom. The lowest BCUT2D eigenvalue weighted by atomic mass is 10.1. The maximum absolute atomic E-state index is 11.1. The summed E-state index contributed by atoms with van der Waals surface area (Å²) in [5.74, 6) is -0.445. The van der Waals surface area contributed by atoms with Crippen molar-refractivity contribution in [1.29, 1.82) is 0 Å². The highest BCUT2D eigenvalue weighted by molar-refractivity contribution is 5.94. The fraction of sp³-hybridized carbons (Fsp3) is 0.500. The van der Waals surface area contributed by atoms with Gasteiger partial charge in [0.25, 0.3) is 0 Å². The van der Waals surface area contributed by atoms with E-state index in [-0.39, 0.29) is 0 Å². The van der Waals surface area contributed by atoms with Crippen molar-refractivity contribution >= 4 is 17.3 Å². The van der Waals surface area contributed by atoms with Crippen LogP contribution in [-0.4, -0.2) is 36.0 Å². The molecule has 1 aromatic carbocycles. The van der Waals surface area contributed by atoms with Crippen molar-refractivity contribution in [2.75, 3.05) is 24.1 Å². The summed E-state index contributed by atoms with van der Waals surface area (Å²) in [5.41, 5.74) is 13.1. The molecule has 3 rings (SSSR count). The number of likely N-dealkylation sites (tertiary alicyclic amines) is 1. The molecule has 1 aliphatic carbocycles. The maximum atomic E-state index is 11.1. The summed E-state index contributed by atoms with van der Waals surface area (Å²) >= 11 is 0. The van der Waals surface area contributed by atoms with Crippen molar-refractivity contribution < 1.29 is 4.79 Å². The fourth-order valence-corrected chi connectivity index (χ4v) is 2.74. The lowest BCUT2D eigenvalue weighted by Crippen LogP contribution is -2.28. The summed E-state index contributed by atoms with van der Waals surface area (Å²) in [6.07, 6.45) is 3.85. The summed E-state index contributed by atoms with van der Waals surface area (Å²) in [4.78, 5) is 13.6. The highest BCUT2D eigenvalue weighted by Gasteiger charge is 2.34. The van der Waals surface area contributed by atoms with Gasteiger partial charge < -0.3 is 16.8 Å². The number of hydrogen-bond donors (Lipinski definition) is 3. The number of amides is 1. The Morgan fingerprint density at radius 1 is 1.32 bits per heavy atom. The molecule has 0 spiro atoms. The third-order valence-corrected chi connectivity index (χ3v) is 3.98. The van der Waals surface area contributed by atoms with E-state index in [0.29, 0.717) is 17.3 Å². The molecule has 5 N–H and O–H groups in total. The molecule has 0 aromatic heterocycles. The quantitative estimate of drug-likeness (QED) is 0.706. The van der Waals surface area contributed by atoms with Gasteiger partial charge >= 0.3 is 0 Å². The number of nitrogens with one attached hydrogen (secondary N) is 1. The molecule has 0 bridgehead atoms. The monoisotopic (exact) mass is 260 g/mol. The zero-order valence-corrected chi connectivity index (χ0v) is 10.9. The number of rotatable bonds is 4. The molecule has 1 amide bonds. The van der Waals surface area contributed by atoms with E-state index in [4.69, 9.17) is 11.5 Å². The van der Waals surface area contributed by atoms with E-state index in [1.54, 1.807) is 12.1 Å². The standard InChI is InChI=1S/C14H20N4O/c15-12-7-9(14(16)19)1-4-13(12)17-10-5-6-18(8-10)11-2-3-11/h1,4,7,10-11,17H,2-3,5-6,8,15H2,(H2,16,19). The molecule has 0 radical (unpaired) electrons. The SMILES string of the molecule is NC(=O)c1ccc(NC2CCN(C3CC3)C2)c(N)c1. The molecule has 2 fully saturated rings. The van der Waals surface area contributed by atoms with Gasteiger partial charge in [-0.15, -0.1) is 0 Å². The number of hydrogen-bond acceptors (Lipinski definition) is 4. The smallest absolute Gasteiger partial charge is 0.248 e. The number of anilines is 2. The van der Waals surface area contributed by atoms with E-state index in [9.17, 15) is 4.79 Å². The molecule has 102 valence electrons. The number of benzene rings is 1. The lowest BCUT2D eigenvalue weighted by Gasteiger charge is -2.18. The third kappa shape index (κ3) is 2.66. The first-order chi connectivity index (χ1) is 9.13. The van der Waals surface area contributed by atoms with Crippen molar-refractivity contribution in [3.05, 3.63) is 23.8 Å². The predicted octanol–water partition coefficient (Wildman–Crippen LogP) is 1.02. The Bertz CT molecular complexity index is 498. The van der Waals surface area contributed by atoms with Crippen LogP contribution in [0, 0.1) is 0 Å². The first kappa shape index (κ1) is 12.3. The van der Waals surface area contributed by atoms with E-state index in [1.807, 2.05) is 6.07 Å². The number of nitrogen functional groups attached to an aromatic ring is 1. The number of nitrogens with two attached hydrogens (primary N) is 2. The van der Waals surface area contributed by atoms with Gasteiger partial charge in [0, 0.05) is 30.7 Å². The highest BCUT2D eigenvalue weighted by atomic mass is 16.1. The summed E-state index contributed by atoms with van der Waals surface area (Å²) in [6, 6.07) is 6.46. The Morgan fingerprint density at radius 3 is 2.74 bits per heavy atom. The highest BCUT2D eigenvalue weighted by Crippen LogP contribution is 2.31. The number of primary amides is 1. The van der Waals surface area contributed by atoms with Gasteiger partial charge in [-0.1, -0.05) is 0 Å². The van der Waals surface area contributed by atoms with Crippen molar-refractivity contribution in [2.24, 2.45) is 5.73 Å². The second kappa shape index (κ2) is 4.74. The van der Waals surface area contributed by atoms with E-state index < -0.39 is 5.91 Å². The first-order valence-corrected chi connectivity index (χ1v) is 6.83. The van der Waals surface area contributed by atoms with Gasteiger partial charge in [-0.3, -0.25) is 9.69 Å². The van der Waals surface area contributed by atoms with Gasteiger partial charge in [0.05, 0.1) is 11.4 Å². The van der Waals surface area contributed by atoms with Crippen LogP contribution < -0.4 is 16.8 Å². The molecular formula is C14H20N4O. The van der Waals surface area contributed by atoms with Gasteiger partial charge in [0.2, 0.25) is 5.91 Å². The summed E-state index contributed by atoms with van der Waals surface area (Å²) in [5, 5.41) is 3.47. The van der Waals surface area contributed by atoms with Crippen molar-refractivity contribution in [2.45, 2.75) is 31.3 Å². The summed E-state index contributed by atoms with van der Waals surface area (Å²) in [6.45, 7) is 2.25. The molecule has 1 aromatic rings. The van der Waals surface area contributed by atoms with E-state index in [1.165, 1.54) is 19.4 Å². The van der Waals surface area contributed by atoms with Gasteiger partial charge in [0.1, 0.15) is 0 Å². The van der Waals surface area contributed by atoms with Crippen molar-refractivity contribution in [3.63, 3.8) is 0 Å². The van der Waals surface area contributed by atoms with E-state index >= 15 is 0 Å². The van der Waals surface area contributed by atoms with Crippen LogP contribution in [0.25, 0.3) is 0 Å². The van der Waals surface area contributed by atoms with Crippen LogP contribution in [0.2, 0.25) is 0 Å². The molecule has 5 heteroatoms. The van der Waals surface area contributed by atoms with E-state index in [2.05, 4.69) is 10.2 Å². The van der Waals surface area contributed by atoms with Gasteiger partial charge in [-0.25, -0.2) is 0 Å². The van der Waals surface area contributed by atoms with Crippen molar-refractivity contribution in [1.82, 2.24) is 4.90 Å². The molecule has 19 heavy (non-hydrogen) atoms. The zero-order valence-electron chi connectivity index (χ0n) is 10.9. The number of carbonyl (C=O) groups excluding carboxylic acids is 1. The minimum absolute atomic E-state index is 0.445. The van der Waals surface area contributed by atoms with Crippen LogP contribution in [0.4, 0.5) is 11.4 Å². The maximum Gasteiger partial charge on any atom is 0.248 e. The largest absolute Gasteiger partial charge is 0.397 e. The Hall–Kier alpha value is -1.75. The normalized spacial score (nSPS) is 23.5. The molecule has 1 saturated carbocycles. The third-order valence-electron chi connectivity index (χ3n) is 3.98. The average molecular weight is 260 g/mol.